The van der Waals surface area contributed by atoms with Gasteiger partial charge in [0.25, 0.3) is 5.91 Å². The Kier molecular flexibility index (Phi) is 8.28. The molecule has 1 aromatic heterocycles. The maximum atomic E-state index is 14.0. The van der Waals surface area contributed by atoms with Crippen LogP contribution in [0.2, 0.25) is 5.02 Å². The molecule has 188 valence electrons. The van der Waals surface area contributed by atoms with E-state index < -0.39 is 46.9 Å². The number of anilines is 3. The third kappa shape index (κ3) is 6.89. The lowest BCUT2D eigenvalue weighted by Gasteiger charge is -2.20. The summed E-state index contributed by atoms with van der Waals surface area (Å²) in [6.07, 6.45) is 1.51. The van der Waals surface area contributed by atoms with Gasteiger partial charge in [-0.05, 0) is 37.1 Å². The zero-order valence-electron chi connectivity index (χ0n) is 18.8. The number of carbonyl (C=O) groups is 1. The summed E-state index contributed by atoms with van der Waals surface area (Å²) in [5.74, 6) is 2.34. The van der Waals surface area contributed by atoms with E-state index in [-0.39, 0.29) is 22.3 Å². The number of benzene rings is 2. The molecule has 0 spiro atoms. The van der Waals surface area contributed by atoms with Gasteiger partial charge in [0, 0.05) is 27.7 Å². The summed E-state index contributed by atoms with van der Waals surface area (Å²) in [4.78, 5) is 20.6. The van der Waals surface area contributed by atoms with Crippen LogP contribution in [-0.4, -0.2) is 57.7 Å². The molecule has 0 aliphatic carbocycles. The molecule has 1 unspecified atom stereocenters. The first-order valence-corrected chi connectivity index (χ1v) is 12.7. The van der Waals surface area contributed by atoms with Crippen LogP contribution < -0.4 is 20.1 Å². The molecule has 1 amide bonds. The fourth-order valence-corrected chi connectivity index (χ4v) is 3.97. The van der Waals surface area contributed by atoms with Gasteiger partial charge in [0.05, 0.1) is 27.7 Å². The first-order valence-electron chi connectivity index (χ1n) is 10.2. The normalized spacial score (nSPS) is 13.8. The Morgan fingerprint density at radius 2 is 1.94 bits per heavy atom. The van der Waals surface area contributed by atoms with Crippen LogP contribution in [0.4, 0.5) is 30.4 Å². The molecule has 1 heterocycles. The van der Waals surface area contributed by atoms with Crippen molar-refractivity contribution < 1.29 is 26.9 Å². The Labute approximate surface area is 205 Å². The number of carbonyl (C=O) groups excluding carboxylic acids is 1. The fraction of sp³-hybridized carbons (Fsp3) is 0.273. The van der Waals surface area contributed by atoms with Gasteiger partial charge in [-0.3, -0.25) is 4.79 Å². The molecule has 13 heteroatoms. The van der Waals surface area contributed by atoms with Crippen LogP contribution in [-0.2, 0) is 14.5 Å². The van der Waals surface area contributed by atoms with Gasteiger partial charge >= 0.3 is 0 Å². The third-order valence-corrected chi connectivity index (χ3v) is 5.58. The van der Waals surface area contributed by atoms with Crippen LogP contribution in [0.3, 0.4) is 0 Å². The number of ether oxygens (including phenoxy) is 1. The number of halogens is 4. The largest absolute Gasteiger partial charge is 0.479 e. The fourth-order valence-electron chi connectivity index (χ4n) is 3.05. The van der Waals surface area contributed by atoms with E-state index in [1.54, 1.807) is 6.07 Å². The van der Waals surface area contributed by atoms with Crippen LogP contribution in [0.1, 0.15) is 6.92 Å². The molecule has 2 aromatic carbocycles. The van der Waals surface area contributed by atoms with Gasteiger partial charge in [-0.1, -0.05) is 11.6 Å². The second-order valence-electron chi connectivity index (χ2n) is 7.72. The Bertz CT molecular complexity index is 1340. The molecule has 2 atom stereocenters. The van der Waals surface area contributed by atoms with E-state index in [0.29, 0.717) is 16.6 Å². The Morgan fingerprint density at radius 1 is 1.23 bits per heavy atom. The number of nitrogens with zero attached hydrogens (tertiary/aromatic N) is 2. The minimum Gasteiger partial charge on any atom is -0.479 e. The minimum absolute atomic E-state index is 0.0475. The Balaban J connectivity index is 1.92. The lowest BCUT2D eigenvalue weighted by atomic mass is 10.2. The number of nitrogens with one attached hydrogen (secondary N) is 3. The van der Waals surface area contributed by atoms with Crippen molar-refractivity contribution in [3.63, 3.8) is 0 Å². The highest BCUT2D eigenvalue weighted by molar-refractivity contribution is 8.00. The molecule has 3 aromatic rings. The van der Waals surface area contributed by atoms with Crippen LogP contribution in [0.25, 0.3) is 10.9 Å². The number of rotatable bonds is 10. The number of aromatic nitrogens is 2. The van der Waals surface area contributed by atoms with Crippen molar-refractivity contribution in [2.24, 2.45) is 0 Å². The van der Waals surface area contributed by atoms with E-state index in [1.165, 1.54) is 37.7 Å². The zero-order chi connectivity index (χ0) is 25.8. The lowest BCUT2D eigenvalue weighted by molar-refractivity contribution is -0.128. The molecule has 0 saturated heterocycles. The van der Waals surface area contributed by atoms with Crippen molar-refractivity contribution in [3.05, 3.63) is 47.5 Å². The summed E-state index contributed by atoms with van der Waals surface area (Å²) in [6, 6.07) is 5.44. The first kappa shape index (κ1) is 26.4. The highest BCUT2D eigenvalue weighted by Gasteiger charge is 2.21. The van der Waals surface area contributed by atoms with Gasteiger partial charge in [0.15, 0.2) is 6.10 Å². The van der Waals surface area contributed by atoms with Crippen molar-refractivity contribution in [1.29, 1.82) is 0 Å². The Morgan fingerprint density at radius 3 is 2.60 bits per heavy atom. The van der Waals surface area contributed by atoms with Crippen LogP contribution in [0.15, 0.2) is 36.7 Å². The van der Waals surface area contributed by atoms with Crippen molar-refractivity contribution in [3.8, 4) is 5.75 Å². The number of alkyl halides is 2. The molecule has 0 aliphatic heterocycles. The molecule has 0 fully saturated rings. The van der Waals surface area contributed by atoms with E-state index in [2.05, 4.69) is 31.2 Å². The van der Waals surface area contributed by atoms with Gasteiger partial charge in [-0.2, -0.15) is 0 Å². The number of hydrogen-bond acceptors (Lipinski definition) is 6. The molecular formula is C22H23ClF3N5O3S. The van der Waals surface area contributed by atoms with Crippen molar-refractivity contribution in [2.75, 3.05) is 29.6 Å². The van der Waals surface area contributed by atoms with Gasteiger partial charge < -0.3 is 20.1 Å². The molecule has 0 aliphatic rings. The van der Waals surface area contributed by atoms with Gasteiger partial charge in [-0.25, -0.2) is 27.3 Å². The second kappa shape index (κ2) is 11.0. The topological polar surface area (TPSA) is 105 Å². The molecular weight excluding hydrogens is 507 g/mol. The highest BCUT2D eigenvalue weighted by atomic mass is 35.5. The Hall–Kier alpha value is -3.25. The zero-order valence-corrected chi connectivity index (χ0v) is 20.4. The van der Waals surface area contributed by atoms with Gasteiger partial charge in [0.2, 0.25) is 0 Å². The van der Waals surface area contributed by atoms with E-state index in [0.717, 1.165) is 6.07 Å². The third-order valence-electron chi connectivity index (χ3n) is 4.61. The number of amides is 1. The quantitative estimate of drug-likeness (QED) is 0.342. The molecule has 0 saturated carbocycles. The number of hydrogen-bond donors (Lipinski definition) is 3. The predicted molar refractivity (Wildman–Crippen MR) is 133 cm³/mol. The molecule has 0 bridgehead atoms. The van der Waals surface area contributed by atoms with Crippen molar-refractivity contribution in [2.45, 2.75) is 19.1 Å². The van der Waals surface area contributed by atoms with E-state index in [4.69, 9.17) is 16.3 Å². The summed E-state index contributed by atoms with van der Waals surface area (Å²) in [6.45, 7) is -0.799. The van der Waals surface area contributed by atoms with E-state index in [9.17, 15) is 22.2 Å². The van der Waals surface area contributed by atoms with Crippen molar-refractivity contribution >= 4 is 61.2 Å². The summed E-state index contributed by atoms with van der Waals surface area (Å²) in [5.41, 5.74) is 1.10. The second-order valence-corrected chi connectivity index (χ2v) is 10.3. The summed E-state index contributed by atoms with van der Waals surface area (Å²) >= 11 is 6.45. The maximum absolute atomic E-state index is 14.0. The summed E-state index contributed by atoms with van der Waals surface area (Å²) in [7, 11) is -2.55. The molecule has 35 heavy (non-hydrogen) atoms. The predicted octanol–water partition coefficient (Wildman–Crippen LogP) is 4.03. The average Bonchev–Trinajstić information content (AvgIpc) is 2.77. The molecule has 3 rings (SSSR count). The monoisotopic (exact) mass is 529 g/mol. The molecule has 8 nitrogen and oxygen atoms in total. The van der Waals surface area contributed by atoms with Gasteiger partial charge in [0.1, 0.15) is 37.1 Å². The van der Waals surface area contributed by atoms with Crippen LogP contribution >= 0.6 is 11.6 Å². The SMILES string of the molecule is C=S(C)(=O)Nc1cc(Cl)c2c(Nc3ccc(F)cc3O[C@H](C)C(=O)NC(CF)CF)ncnc2c1. The molecule has 3 N–H and O–H groups in total. The number of fused-ring (bicyclic) bond motifs is 1. The first-order chi connectivity index (χ1) is 16.5. The maximum Gasteiger partial charge on any atom is 0.261 e. The van der Waals surface area contributed by atoms with Crippen LogP contribution in [0, 0.1) is 5.82 Å². The highest BCUT2D eigenvalue weighted by Crippen LogP contribution is 2.35. The van der Waals surface area contributed by atoms with E-state index >= 15 is 0 Å². The summed E-state index contributed by atoms with van der Waals surface area (Å²) < 4.78 is 59.8. The minimum atomic E-state index is -2.55. The van der Waals surface area contributed by atoms with Crippen molar-refractivity contribution in [1.82, 2.24) is 15.3 Å². The van der Waals surface area contributed by atoms with Crippen LogP contribution in [0.5, 0.6) is 5.75 Å². The smallest absolute Gasteiger partial charge is 0.261 e. The standard InChI is InChI=1S/C22H23ClF3N5O3S/c1-12(22(32)29-15(9-24)10-25)34-19-6-13(26)4-5-17(19)30-21-20-16(23)7-14(31-35(2,3)33)8-18(20)27-11-28-21/h4-8,11-12,15H,2,9-10H2,1,3H3,(H,29,32)(H,31,33)(H,27,28,30)/t12-,35?/m1/s1. The summed E-state index contributed by atoms with van der Waals surface area (Å²) in [5, 5.41) is 5.82. The average molecular weight is 530 g/mol. The lowest BCUT2D eigenvalue weighted by Crippen LogP contribution is -2.44. The molecule has 0 radical (unpaired) electrons. The van der Waals surface area contributed by atoms with Gasteiger partial charge in [-0.15, -0.1) is 0 Å². The van der Waals surface area contributed by atoms with E-state index in [1.807, 2.05) is 0 Å².